The molecule has 0 saturated carbocycles. The van der Waals surface area contributed by atoms with Gasteiger partial charge in [-0.05, 0) is 59.2 Å². The number of sulfonamides is 1. The Hall–Kier alpha value is -4.34. The number of imide groups is 1. The molecule has 1 heterocycles. The number of carbonyl (C=O) groups excluding carboxylic acids is 3. The van der Waals surface area contributed by atoms with Crippen molar-refractivity contribution < 1.29 is 22.8 Å². The molecule has 0 radical (unpaired) electrons. The predicted molar refractivity (Wildman–Crippen MR) is 150 cm³/mol. The summed E-state index contributed by atoms with van der Waals surface area (Å²) in [6.07, 6.45) is 0.102. The molecule has 3 amide bonds. The minimum Gasteiger partial charge on any atom is -0.326 e. The number of amides is 3. The van der Waals surface area contributed by atoms with Crippen LogP contribution in [0, 0.1) is 0 Å². The fourth-order valence-corrected chi connectivity index (χ4v) is 6.42. The van der Waals surface area contributed by atoms with Crippen LogP contribution >= 0.6 is 0 Å². The largest absolute Gasteiger partial charge is 0.326 e. The standard InChI is InChI=1S/C30H27N3O5S/c1-21(34)31-25-12-14-26(15-13-25)33-29(35)20-28(30(33)36)32(18-17-22-7-3-2-4-8-22)39(37,38)27-16-11-23-9-5-6-10-24(23)19-27/h2-16,19,28H,17-18,20H2,1H3,(H,31,34). The summed E-state index contributed by atoms with van der Waals surface area (Å²) >= 11 is 0. The predicted octanol–water partition coefficient (Wildman–Crippen LogP) is 4.36. The zero-order chi connectivity index (χ0) is 27.6. The first-order chi connectivity index (χ1) is 18.7. The smallest absolute Gasteiger partial charge is 0.252 e. The van der Waals surface area contributed by atoms with Gasteiger partial charge in [0.25, 0.3) is 5.91 Å². The summed E-state index contributed by atoms with van der Waals surface area (Å²) in [4.78, 5) is 39.2. The second-order valence-corrected chi connectivity index (χ2v) is 11.3. The molecule has 0 aromatic heterocycles. The number of fused-ring (bicyclic) bond motifs is 1. The highest BCUT2D eigenvalue weighted by Crippen LogP contribution is 2.31. The zero-order valence-electron chi connectivity index (χ0n) is 21.3. The maximum Gasteiger partial charge on any atom is 0.252 e. The molecule has 1 atom stereocenters. The first-order valence-corrected chi connectivity index (χ1v) is 14.0. The second-order valence-electron chi connectivity index (χ2n) is 9.38. The highest BCUT2D eigenvalue weighted by atomic mass is 32.2. The number of hydrogen-bond acceptors (Lipinski definition) is 5. The van der Waals surface area contributed by atoms with Crippen LogP contribution in [-0.2, 0) is 30.8 Å². The molecule has 198 valence electrons. The lowest BCUT2D eigenvalue weighted by Gasteiger charge is -2.27. The van der Waals surface area contributed by atoms with Gasteiger partial charge in [0.2, 0.25) is 21.8 Å². The molecule has 4 aromatic carbocycles. The van der Waals surface area contributed by atoms with E-state index in [1.807, 2.05) is 54.6 Å². The normalized spacial score (nSPS) is 15.7. The Morgan fingerprint density at radius 1 is 0.897 bits per heavy atom. The van der Waals surface area contributed by atoms with Crippen molar-refractivity contribution in [2.45, 2.75) is 30.7 Å². The topological polar surface area (TPSA) is 104 Å². The summed E-state index contributed by atoms with van der Waals surface area (Å²) in [5.74, 6) is -1.34. The van der Waals surface area contributed by atoms with Crippen LogP contribution in [0.5, 0.6) is 0 Å². The fourth-order valence-electron chi connectivity index (χ4n) is 4.80. The molecule has 1 N–H and O–H groups in total. The van der Waals surface area contributed by atoms with E-state index in [4.69, 9.17) is 0 Å². The van der Waals surface area contributed by atoms with Crippen molar-refractivity contribution in [3.8, 4) is 0 Å². The lowest BCUT2D eigenvalue weighted by Crippen LogP contribution is -2.46. The van der Waals surface area contributed by atoms with E-state index in [0.29, 0.717) is 17.8 Å². The number of benzene rings is 4. The highest BCUT2D eigenvalue weighted by molar-refractivity contribution is 7.89. The van der Waals surface area contributed by atoms with Crippen molar-refractivity contribution >= 4 is 49.9 Å². The van der Waals surface area contributed by atoms with Crippen molar-refractivity contribution in [3.05, 3.63) is 103 Å². The molecule has 0 spiro atoms. The summed E-state index contributed by atoms with van der Waals surface area (Å²) in [6, 6.07) is 26.8. The van der Waals surface area contributed by atoms with Gasteiger partial charge in [-0.2, -0.15) is 4.31 Å². The van der Waals surface area contributed by atoms with Crippen LogP contribution in [0.3, 0.4) is 0 Å². The molecule has 0 bridgehead atoms. The van der Waals surface area contributed by atoms with Gasteiger partial charge in [-0.25, -0.2) is 13.3 Å². The number of hydrogen-bond donors (Lipinski definition) is 1. The van der Waals surface area contributed by atoms with Crippen molar-refractivity contribution in [1.29, 1.82) is 0 Å². The maximum atomic E-state index is 14.0. The first-order valence-electron chi connectivity index (χ1n) is 12.5. The SMILES string of the molecule is CC(=O)Nc1ccc(N2C(=O)CC(N(CCc3ccccc3)S(=O)(=O)c3ccc4ccccc4c3)C2=O)cc1. The second kappa shape index (κ2) is 10.8. The molecular weight excluding hydrogens is 514 g/mol. The van der Waals surface area contributed by atoms with Gasteiger partial charge in [0.1, 0.15) is 6.04 Å². The van der Waals surface area contributed by atoms with Crippen LogP contribution < -0.4 is 10.2 Å². The molecule has 1 unspecified atom stereocenters. The van der Waals surface area contributed by atoms with E-state index >= 15 is 0 Å². The van der Waals surface area contributed by atoms with E-state index in [1.54, 1.807) is 36.4 Å². The van der Waals surface area contributed by atoms with E-state index in [0.717, 1.165) is 25.5 Å². The minimum absolute atomic E-state index is 0.0260. The summed E-state index contributed by atoms with van der Waals surface area (Å²) < 4.78 is 29.2. The summed E-state index contributed by atoms with van der Waals surface area (Å²) in [6.45, 7) is 1.41. The molecule has 39 heavy (non-hydrogen) atoms. The van der Waals surface area contributed by atoms with Gasteiger partial charge in [0.05, 0.1) is 17.0 Å². The molecule has 1 fully saturated rings. The van der Waals surface area contributed by atoms with Crippen LogP contribution in [0.2, 0.25) is 0 Å². The lowest BCUT2D eigenvalue weighted by molar-refractivity contribution is -0.122. The van der Waals surface area contributed by atoms with E-state index in [-0.39, 0.29) is 23.8 Å². The average molecular weight is 542 g/mol. The van der Waals surface area contributed by atoms with Gasteiger partial charge in [-0.1, -0.05) is 60.7 Å². The Morgan fingerprint density at radius 3 is 2.26 bits per heavy atom. The third-order valence-electron chi connectivity index (χ3n) is 6.71. The van der Waals surface area contributed by atoms with Gasteiger partial charge >= 0.3 is 0 Å². The fraction of sp³-hybridized carbons (Fsp3) is 0.167. The van der Waals surface area contributed by atoms with Gasteiger partial charge in [0, 0.05) is 19.2 Å². The molecule has 1 saturated heterocycles. The minimum atomic E-state index is -4.14. The molecular formula is C30H27N3O5S. The molecule has 1 aliphatic heterocycles. The Labute approximate surface area is 226 Å². The van der Waals surface area contributed by atoms with Crippen LogP contribution in [0.4, 0.5) is 11.4 Å². The molecule has 1 aliphatic rings. The third kappa shape index (κ3) is 5.45. The first kappa shape index (κ1) is 26.3. The van der Waals surface area contributed by atoms with Crippen molar-refractivity contribution in [1.82, 2.24) is 4.31 Å². The molecule has 5 rings (SSSR count). The third-order valence-corrected chi connectivity index (χ3v) is 8.61. The lowest BCUT2D eigenvalue weighted by atomic mass is 10.1. The van der Waals surface area contributed by atoms with Crippen LogP contribution in [0.25, 0.3) is 10.8 Å². The summed E-state index contributed by atoms with van der Waals surface area (Å²) in [5, 5.41) is 4.30. The van der Waals surface area contributed by atoms with Crippen molar-refractivity contribution in [2.24, 2.45) is 0 Å². The number of nitrogens with one attached hydrogen (secondary N) is 1. The van der Waals surface area contributed by atoms with E-state index < -0.39 is 27.9 Å². The Bertz CT molecular complexity index is 1650. The van der Waals surface area contributed by atoms with Gasteiger partial charge < -0.3 is 5.32 Å². The summed E-state index contributed by atoms with van der Waals surface area (Å²) in [7, 11) is -4.14. The van der Waals surface area contributed by atoms with Crippen molar-refractivity contribution in [3.63, 3.8) is 0 Å². The van der Waals surface area contributed by atoms with Crippen LogP contribution in [-0.4, -0.2) is 43.0 Å². The molecule has 8 nitrogen and oxygen atoms in total. The summed E-state index contributed by atoms with van der Waals surface area (Å²) in [5.41, 5.74) is 1.75. The van der Waals surface area contributed by atoms with E-state index in [1.165, 1.54) is 13.0 Å². The van der Waals surface area contributed by atoms with Crippen LogP contribution in [0.15, 0.2) is 102 Å². The Balaban J connectivity index is 1.49. The van der Waals surface area contributed by atoms with Gasteiger partial charge in [-0.15, -0.1) is 0 Å². The van der Waals surface area contributed by atoms with Gasteiger partial charge in [-0.3, -0.25) is 14.4 Å². The average Bonchev–Trinajstić information content (AvgIpc) is 3.22. The Kier molecular flexibility index (Phi) is 7.28. The van der Waals surface area contributed by atoms with Gasteiger partial charge in [0.15, 0.2) is 0 Å². The van der Waals surface area contributed by atoms with Crippen LogP contribution in [0.1, 0.15) is 18.9 Å². The molecule has 0 aliphatic carbocycles. The monoisotopic (exact) mass is 541 g/mol. The Morgan fingerprint density at radius 2 is 1.56 bits per heavy atom. The van der Waals surface area contributed by atoms with Crippen molar-refractivity contribution in [2.75, 3.05) is 16.8 Å². The maximum absolute atomic E-state index is 14.0. The zero-order valence-corrected chi connectivity index (χ0v) is 22.1. The van der Waals surface area contributed by atoms with E-state index in [2.05, 4.69) is 5.32 Å². The quantitative estimate of drug-likeness (QED) is 0.334. The number of nitrogens with zero attached hydrogens (tertiary/aromatic N) is 2. The number of anilines is 2. The molecule has 4 aromatic rings. The number of carbonyl (C=O) groups is 3. The number of rotatable bonds is 8. The highest BCUT2D eigenvalue weighted by Gasteiger charge is 2.46. The molecule has 9 heteroatoms. The van der Waals surface area contributed by atoms with E-state index in [9.17, 15) is 22.8 Å².